The summed E-state index contributed by atoms with van der Waals surface area (Å²) < 4.78 is 0. The van der Waals surface area contributed by atoms with E-state index in [1.54, 1.807) is 0 Å². The third-order valence-corrected chi connectivity index (χ3v) is 4.13. The molecule has 2 bridgehead atoms. The van der Waals surface area contributed by atoms with Crippen molar-refractivity contribution < 1.29 is 19.8 Å². The lowest BCUT2D eigenvalue weighted by atomic mass is 9.79. The van der Waals surface area contributed by atoms with Crippen molar-refractivity contribution in [3.05, 3.63) is 0 Å². The molecule has 2 fully saturated rings. The standard InChI is InChI=1S/C9H12O4S/c10-8(11)6-3-1-4(5(14)2-3)7(6)9(12)13/h3-7,14H,1-2H2,(H,10,11)(H,12,13). The maximum Gasteiger partial charge on any atom is 0.307 e. The van der Waals surface area contributed by atoms with Crippen molar-refractivity contribution in [2.24, 2.45) is 23.7 Å². The summed E-state index contributed by atoms with van der Waals surface area (Å²) in [7, 11) is 0. The van der Waals surface area contributed by atoms with Crippen LogP contribution in [0.3, 0.4) is 0 Å². The minimum atomic E-state index is -0.983. The van der Waals surface area contributed by atoms with Crippen molar-refractivity contribution in [1.82, 2.24) is 0 Å². The Morgan fingerprint density at radius 3 is 2.14 bits per heavy atom. The van der Waals surface area contributed by atoms with Gasteiger partial charge in [-0.05, 0) is 24.7 Å². The number of fused-ring (bicyclic) bond motifs is 2. The lowest BCUT2D eigenvalue weighted by Crippen LogP contribution is -2.38. The van der Waals surface area contributed by atoms with Crippen LogP contribution in [0.5, 0.6) is 0 Å². The Hall–Kier alpha value is -0.710. The van der Waals surface area contributed by atoms with Crippen LogP contribution in [0.2, 0.25) is 0 Å². The first-order valence-corrected chi connectivity index (χ1v) is 5.17. The molecule has 5 atom stereocenters. The number of hydrogen-bond donors (Lipinski definition) is 3. The number of aliphatic carboxylic acids is 2. The molecule has 2 aliphatic carbocycles. The molecular formula is C9H12O4S. The molecule has 0 radical (unpaired) electrons. The number of hydrogen-bond acceptors (Lipinski definition) is 3. The van der Waals surface area contributed by atoms with Gasteiger partial charge in [-0.2, -0.15) is 12.6 Å². The van der Waals surface area contributed by atoms with E-state index in [-0.39, 0.29) is 17.1 Å². The number of carbonyl (C=O) groups is 2. The van der Waals surface area contributed by atoms with Crippen LogP contribution in [0, 0.1) is 23.7 Å². The first kappa shape index (κ1) is 9.83. The summed E-state index contributed by atoms with van der Waals surface area (Å²) in [6.45, 7) is 0. The second kappa shape index (κ2) is 3.15. The van der Waals surface area contributed by atoms with Gasteiger partial charge in [-0.1, -0.05) is 0 Å². The summed E-state index contributed by atoms with van der Waals surface area (Å²) >= 11 is 4.30. The van der Waals surface area contributed by atoms with Crippen molar-refractivity contribution >= 4 is 24.6 Å². The number of carboxylic acids is 2. The molecule has 0 aromatic heterocycles. The molecule has 0 aliphatic heterocycles. The van der Waals surface area contributed by atoms with E-state index in [1.165, 1.54) is 0 Å². The van der Waals surface area contributed by atoms with Crippen LogP contribution in [0.25, 0.3) is 0 Å². The van der Waals surface area contributed by atoms with Gasteiger partial charge >= 0.3 is 11.9 Å². The highest BCUT2D eigenvalue weighted by Gasteiger charge is 2.57. The molecule has 5 heteroatoms. The summed E-state index contributed by atoms with van der Waals surface area (Å²) in [5.41, 5.74) is 0. The van der Waals surface area contributed by atoms with Crippen molar-refractivity contribution in [3.63, 3.8) is 0 Å². The highest BCUT2D eigenvalue weighted by molar-refractivity contribution is 7.81. The highest BCUT2D eigenvalue weighted by atomic mass is 32.1. The Labute approximate surface area is 86.7 Å². The zero-order valence-electron chi connectivity index (χ0n) is 7.46. The van der Waals surface area contributed by atoms with Gasteiger partial charge in [-0.25, -0.2) is 0 Å². The van der Waals surface area contributed by atoms with Crippen molar-refractivity contribution in [1.29, 1.82) is 0 Å². The first-order valence-electron chi connectivity index (χ1n) is 4.66. The molecule has 0 heterocycles. The molecule has 0 amide bonds. The van der Waals surface area contributed by atoms with Gasteiger partial charge in [0.2, 0.25) is 0 Å². The van der Waals surface area contributed by atoms with E-state index in [2.05, 4.69) is 12.6 Å². The van der Waals surface area contributed by atoms with E-state index < -0.39 is 23.8 Å². The Kier molecular flexibility index (Phi) is 2.21. The Balaban J connectivity index is 2.27. The van der Waals surface area contributed by atoms with E-state index in [1.807, 2.05) is 0 Å². The van der Waals surface area contributed by atoms with Crippen LogP contribution in [-0.2, 0) is 9.59 Å². The highest BCUT2D eigenvalue weighted by Crippen LogP contribution is 2.54. The van der Waals surface area contributed by atoms with Gasteiger partial charge < -0.3 is 10.2 Å². The number of thiol groups is 1. The van der Waals surface area contributed by atoms with E-state index >= 15 is 0 Å². The van der Waals surface area contributed by atoms with Crippen molar-refractivity contribution in [2.75, 3.05) is 0 Å². The van der Waals surface area contributed by atoms with E-state index in [0.717, 1.165) is 6.42 Å². The lowest BCUT2D eigenvalue weighted by Gasteiger charge is -2.28. The van der Waals surface area contributed by atoms with Crippen LogP contribution in [0.4, 0.5) is 0 Å². The Morgan fingerprint density at radius 1 is 1.07 bits per heavy atom. The van der Waals surface area contributed by atoms with E-state index in [9.17, 15) is 9.59 Å². The monoisotopic (exact) mass is 216 g/mol. The van der Waals surface area contributed by atoms with Gasteiger partial charge in [0.05, 0.1) is 11.8 Å². The molecule has 2 saturated carbocycles. The molecule has 5 unspecified atom stereocenters. The average molecular weight is 216 g/mol. The normalized spacial score (nSPS) is 45.4. The van der Waals surface area contributed by atoms with Crippen LogP contribution in [0.15, 0.2) is 0 Å². The van der Waals surface area contributed by atoms with Crippen LogP contribution in [0.1, 0.15) is 12.8 Å². The SMILES string of the molecule is O=C(O)C1C2CC(S)C(C2)C1C(=O)O. The minimum Gasteiger partial charge on any atom is -0.481 e. The summed E-state index contributed by atoms with van der Waals surface area (Å²) in [6.07, 6.45) is 1.45. The minimum absolute atomic E-state index is 0.0149. The Bertz CT molecular complexity index is 291. The largest absolute Gasteiger partial charge is 0.481 e. The molecule has 0 aromatic carbocycles. The summed E-state index contributed by atoms with van der Waals surface area (Å²) in [6, 6.07) is 0. The third-order valence-electron chi connectivity index (χ3n) is 3.54. The van der Waals surface area contributed by atoms with Gasteiger partial charge in [0, 0.05) is 5.25 Å². The van der Waals surface area contributed by atoms with Crippen molar-refractivity contribution in [3.8, 4) is 0 Å². The predicted octanol–water partition coefficient (Wildman–Crippen LogP) is 0.726. The smallest absolute Gasteiger partial charge is 0.307 e. The summed E-state index contributed by atoms with van der Waals surface area (Å²) in [5.74, 6) is -3.41. The zero-order valence-corrected chi connectivity index (χ0v) is 8.35. The van der Waals surface area contributed by atoms with Crippen molar-refractivity contribution in [2.45, 2.75) is 18.1 Å². The molecule has 0 aromatic rings. The van der Waals surface area contributed by atoms with E-state index in [4.69, 9.17) is 10.2 Å². The quantitative estimate of drug-likeness (QED) is 0.595. The third kappa shape index (κ3) is 1.22. The molecule has 0 saturated heterocycles. The Morgan fingerprint density at radius 2 is 1.64 bits per heavy atom. The van der Waals surface area contributed by atoms with E-state index in [0.29, 0.717) is 6.42 Å². The maximum atomic E-state index is 11.0. The average Bonchev–Trinajstić information content (AvgIpc) is 2.58. The van der Waals surface area contributed by atoms with Gasteiger partial charge in [0.15, 0.2) is 0 Å². The first-order chi connectivity index (χ1) is 6.52. The van der Waals surface area contributed by atoms with Gasteiger partial charge in [-0.15, -0.1) is 0 Å². The number of carboxylic acid groups (broad SMARTS) is 2. The van der Waals surface area contributed by atoms with Gasteiger partial charge in [-0.3, -0.25) is 9.59 Å². The molecule has 2 rings (SSSR count). The second-order valence-electron chi connectivity index (χ2n) is 4.19. The van der Waals surface area contributed by atoms with Crippen LogP contribution >= 0.6 is 12.6 Å². The molecule has 14 heavy (non-hydrogen) atoms. The lowest BCUT2D eigenvalue weighted by molar-refractivity contribution is -0.156. The van der Waals surface area contributed by atoms with Gasteiger partial charge in [0.25, 0.3) is 0 Å². The fraction of sp³-hybridized carbons (Fsp3) is 0.778. The summed E-state index contributed by atoms with van der Waals surface area (Å²) in [4.78, 5) is 21.9. The van der Waals surface area contributed by atoms with Crippen LogP contribution in [-0.4, -0.2) is 27.4 Å². The fourth-order valence-electron chi connectivity index (χ4n) is 3.02. The topological polar surface area (TPSA) is 74.6 Å². The molecule has 4 nitrogen and oxygen atoms in total. The molecular weight excluding hydrogens is 204 g/mol. The summed E-state index contributed by atoms with van der Waals surface area (Å²) in [5, 5.41) is 18.0. The number of rotatable bonds is 2. The van der Waals surface area contributed by atoms with Gasteiger partial charge in [0.1, 0.15) is 0 Å². The molecule has 0 spiro atoms. The zero-order chi connectivity index (χ0) is 10.5. The molecule has 78 valence electrons. The fourth-order valence-corrected chi connectivity index (χ4v) is 3.60. The predicted molar refractivity (Wildman–Crippen MR) is 51.2 cm³/mol. The molecule has 2 aliphatic rings. The van der Waals surface area contributed by atoms with Crippen LogP contribution < -0.4 is 0 Å². The molecule has 2 N–H and O–H groups in total. The second-order valence-corrected chi connectivity index (χ2v) is 4.85. The maximum absolute atomic E-state index is 11.0.